The normalized spacial score (nSPS) is 11.9. The van der Waals surface area contributed by atoms with Gasteiger partial charge in [-0.25, -0.2) is 4.79 Å². The number of rotatable bonds is 5. The van der Waals surface area contributed by atoms with Crippen molar-refractivity contribution in [2.75, 3.05) is 0 Å². The van der Waals surface area contributed by atoms with E-state index in [0.29, 0.717) is 11.3 Å². The van der Waals surface area contributed by atoms with Crippen molar-refractivity contribution in [3.8, 4) is 11.5 Å². The zero-order valence-corrected chi connectivity index (χ0v) is 12.8. The van der Waals surface area contributed by atoms with Gasteiger partial charge in [0.2, 0.25) is 0 Å². The van der Waals surface area contributed by atoms with E-state index in [4.69, 9.17) is 4.74 Å². The predicted molar refractivity (Wildman–Crippen MR) is 81.8 cm³/mol. The summed E-state index contributed by atoms with van der Waals surface area (Å²) in [5.41, 5.74) is 1.69. The van der Waals surface area contributed by atoms with E-state index in [2.05, 4.69) is 10.1 Å². The SMILES string of the molecule is Cc1ccc(OC(=O)N[C@@H](C)c2cccc(OC(F)F)c2)cc1. The second kappa shape index (κ2) is 7.58. The summed E-state index contributed by atoms with van der Waals surface area (Å²) in [5.74, 6) is 0.466. The van der Waals surface area contributed by atoms with Crippen LogP contribution in [-0.4, -0.2) is 12.7 Å². The van der Waals surface area contributed by atoms with Gasteiger partial charge in [0.05, 0.1) is 6.04 Å². The summed E-state index contributed by atoms with van der Waals surface area (Å²) in [4.78, 5) is 11.9. The molecule has 1 amide bonds. The fourth-order valence-electron chi connectivity index (χ4n) is 1.96. The molecule has 0 aliphatic rings. The quantitative estimate of drug-likeness (QED) is 0.885. The van der Waals surface area contributed by atoms with Crippen LogP contribution < -0.4 is 14.8 Å². The molecule has 0 radical (unpaired) electrons. The summed E-state index contributed by atoms with van der Waals surface area (Å²) in [7, 11) is 0. The Morgan fingerprint density at radius 1 is 1.09 bits per heavy atom. The third-order valence-corrected chi connectivity index (χ3v) is 3.15. The molecule has 2 rings (SSSR count). The fraction of sp³-hybridized carbons (Fsp3) is 0.235. The maximum atomic E-state index is 12.2. The smallest absolute Gasteiger partial charge is 0.413 e. The Hall–Kier alpha value is -2.63. The summed E-state index contributed by atoms with van der Waals surface area (Å²) >= 11 is 0. The fourth-order valence-corrected chi connectivity index (χ4v) is 1.96. The summed E-state index contributed by atoms with van der Waals surface area (Å²) in [6.45, 7) is 0.762. The minimum absolute atomic E-state index is 0.0399. The molecule has 1 N–H and O–H groups in total. The number of amides is 1. The van der Waals surface area contributed by atoms with Gasteiger partial charge in [0.1, 0.15) is 11.5 Å². The minimum atomic E-state index is -2.89. The molecule has 1 atom stereocenters. The number of benzene rings is 2. The molecular weight excluding hydrogens is 304 g/mol. The summed E-state index contributed by atoms with van der Waals surface area (Å²) in [6.07, 6.45) is -0.624. The van der Waals surface area contributed by atoms with Gasteiger partial charge in [-0.05, 0) is 43.7 Å². The van der Waals surface area contributed by atoms with Crippen LogP contribution in [-0.2, 0) is 0 Å². The molecule has 0 fully saturated rings. The van der Waals surface area contributed by atoms with E-state index in [-0.39, 0.29) is 5.75 Å². The monoisotopic (exact) mass is 321 g/mol. The largest absolute Gasteiger partial charge is 0.435 e. The van der Waals surface area contributed by atoms with Crippen LogP contribution in [0.4, 0.5) is 13.6 Å². The number of halogens is 2. The molecule has 0 saturated heterocycles. The highest BCUT2D eigenvalue weighted by Gasteiger charge is 2.13. The van der Waals surface area contributed by atoms with Crippen molar-refractivity contribution < 1.29 is 23.0 Å². The average molecular weight is 321 g/mol. The number of hydrogen-bond acceptors (Lipinski definition) is 3. The molecule has 0 aliphatic carbocycles. The Balaban J connectivity index is 1.96. The average Bonchev–Trinajstić information content (AvgIpc) is 2.49. The lowest BCUT2D eigenvalue weighted by Crippen LogP contribution is -2.29. The van der Waals surface area contributed by atoms with Crippen LogP contribution in [0.2, 0.25) is 0 Å². The lowest BCUT2D eigenvalue weighted by molar-refractivity contribution is -0.0499. The van der Waals surface area contributed by atoms with E-state index in [1.807, 2.05) is 19.1 Å². The number of carbonyl (C=O) groups excluding carboxylic acids is 1. The molecular formula is C17H17F2NO3. The first-order valence-corrected chi connectivity index (χ1v) is 7.04. The van der Waals surface area contributed by atoms with Crippen molar-refractivity contribution in [3.05, 3.63) is 59.7 Å². The van der Waals surface area contributed by atoms with Crippen LogP contribution in [0.3, 0.4) is 0 Å². The molecule has 2 aromatic rings. The molecule has 4 nitrogen and oxygen atoms in total. The second-order valence-corrected chi connectivity index (χ2v) is 5.02. The van der Waals surface area contributed by atoms with Gasteiger partial charge in [-0.1, -0.05) is 29.8 Å². The number of hydrogen-bond donors (Lipinski definition) is 1. The maximum Gasteiger partial charge on any atom is 0.413 e. The van der Waals surface area contributed by atoms with Gasteiger partial charge >= 0.3 is 12.7 Å². The minimum Gasteiger partial charge on any atom is -0.435 e. The van der Waals surface area contributed by atoms with Crippen molar-refractivity contribution >= 4 is 6.09 Å². The van der Waals surface area contributed by atoms with Crippen LogP contribution in [0, 0.1) is 6.92 Å². The number of ether oxygens (including phenoxy) is 2. The van der Waals surface area contributed by atoms with Crippen LogP contribution >= 0.6 is 0 Å². The van der Waals surface area contributed by atoms with Gasteiger partial charge < -0.3 is 14.8 Å². The van der Waals surface area contributed by atoms with E-state index in [9.17, 15) is 13.6 Å². The third kappa shape index (κ3) is 5.25. The molecule has 0 saturated carbocycles. The predicted octanol–water partition coefficient (Wildman–Crippen LogP) is 4.45. The van der Waals surface area contributed by atoms with Gasteiger partial charge in [0, 0.05) is 0 Å². The van der Waals surface area contributed by atoms with E-state index in [0.717, 1.165) is 5.56 Å². The zero-order chi connectivity index (χ0) is 16.8. The van der Waals surface area contributed by atoms with Crippen LogP contribution in [0.5, 0.6) is 11.5 Å². The number of carbonyl (C=O) groups is 1. The van der Waals surface area contributed by atoms with Gasteiger partial charge in [0.25, 0.3) is 0 Å². The molecule has 23 heavy (non-hydrogen) atoms. The van der Waals surface area contributed by atoms with Crippen LogP contribution in [0.1, 0.15) is 24.1 Å². The Bertz CT molecular complexity index is 659. The van der Waals surface area contributed by atoms with Crippen molar-refractivity contribution in [1.82, 2.24) is 5.32 Å². The first-order chi connectivity index (χ1) is 10.9. The number of aryl methyl sites for hydroxylation is 1. The van der Waals surface area contributed by atoms with Gasteiger partial charge in [0.15, 0.2) is 0 Å². The number of alkyl halides is 2. The summed E-state index contributed by atoms with van der Waals surface area (Å²) in [5, 5.41) is 2.64. The first-order valence-electron chi connectivity index (χ1n) is 7.04. The maximum absolute atomic E-state index is 12.2. The van der Waals surface area contributed by atoms with Gasteiger partial charge in [-0.15, -0.1) is 0 Å². The van der Waals surface area contributed by atoms with Gasteiger partial charge in [-0.2, -0.15) is 8.78 Å². The van der Waals surface area contributed by atoms with E-state index >= 15 is 0 Å². The summed E-state index contributed by atoms with van der Waals surface area (Å²) in [6, 6.07) is 12.8. The molecule has 0 unspecified atom stereocenters. The second-order valence-electron chi connectivity index (χ2n) is 5.02. The Morgan fingerprint density at radius 3 is 2.43 bits per heavy atom. The van der Waals surface area contributed by atoms with Crippen molar-refractivity contribution in [2.24, 2.45) is 0 Å². The standard InChI is InChI=1S/C17H17F2NO3/c1-11-6-8-14(9-7-11)23-17(21)20-12(2)13-4-3-5-15(10-13)22-16(18)19/h3-10,12,16H,1-2H3,(H,20,21)/t12-/m0/s1. The third-order valence-electron chi connectivity index (χ3n) is 3.15. The molecule has 0 aliphatic heterocycles. The van der Waals surface area contributed by atoms with Gasteiger partial charge in [-0.3, -0.25) is 0 Å². The Labute approximate surface area is 133 Å². The van der Waals surface area contributed by atoms with E-state index in [1.165, 1.54) is 12.1 Å². The topological polar surface area (TPSA) is 47.6 Å². The molecule has 2 aromatic carbocycles. The molecule has 0 spiro atoms. The lowest BCUT2D eigenvalue weighted by atomic mass is 10.1. The van der Waals surface area contributed by atoms with Crippen LogP contribution in [0.15, 0.2) is 48.5 Å². The zero-order valence-electron chi connectivity index (χ0n) is 12.8. The van der Waals surface area contributed by atoms with Crippen molar-refractivity contribution in [1.29, 1.82) is 0 Å². The highest BCUT2D eigenvalue weighted by atomic mass is 19.3. The first kappa shape index (κ1) is 16.7. The van der Waals surface area contributed by atoms with E-state index in [1.54, 1.807) is 31.2 Å². The highest BCUT2D eigenvalue weighted by molar-refractivity contribution is 5.71. The Morgan fingerprint density at radius 2 is 1.78 bits per heavy atom. The van der Waals surface area contributed by atoms with Crippen LogP contribution in [0.25, 0.3) is 0 Å². The Kier molecular flexibility index (Phi) is 5.51. The molecule has 6 heteroatoms. The molecule has 0 heterocycles. The molecule has 122 valence electrons. The number of nitrogens with one attached hydrogen (secondary N) is 1. The lowest BCUT2D eigenvalue weighted by Gasteiger charge is -2.15. The molecule has 0 aromatic heterocycles. The highest BCUT2D eigenvalue weighted by Crippen LogP contribution is 2.21. The van der Waals surface area contributed by atoms with Crippen molar-refractivity contribution in [3.63, 3.8) is 0 Å². The van der Waals surface area contributed by atoms with Crippen molar-refractivity contribution in [2.45, 2.75) is 26.5 Å². The van der Waals surface area contributed by atoms with E-state index < -0.39 is 18.7 Å². The summed E-state index contributed by atoms with van der Waals surface area (Å²) < 4.78 is 33.9. The molecule has 0 bridgehead atoms.